The lowest BCUT2D eigenvalue weighted by atomic mass is 9.99. The predicted octanol–water partition coefficient (Wildman–Crippen LogP) is 6.38. The maximum Gasteiger partial charge on any atom is 0.336 e. The van der Waals surface area contributed by atoms with Crippen LogP contribution in [-0.2, 0) is 14.3 Å². The molecule has 1 saturated heterocycles. The highest BCUT2D eigenvalue weighted by Crippen LogP contribution is 2.29. The van der Waals surface area contributed by atoms with E-state index < -0.39 is 30.1 Å². The van der Waals surface area contributed by atoms with E-state index in [0.29, 0.717) is 12.0 Å². The van der Waals surface area contributed by atoms with Gasteiger partial charge in [-0.2, -0.15) is 0 Å². The summed E-state index contributed by atoms with van der Waals surface area (Å²) in [7, 11) is 0. The van der Waals surface area contributed by atoms with E-state index >= 15 is 0 Å². The van der Waals surface area contributed by atoms with Gasteiger partial charge in [-0.05, 0) is 51.0 Å². The molecule has 1 fully saturated rings. The number of hydrogen-bond acceptors (Lipinski definition) is 8. The van der Waals surface area contributed by atoms with Gasteiger partial charge in [0.05, 0.1) is 36.6 Å². The van der Waals surface area contributed by atoms with Crippen molar-refractivity contribution < 1.29 is 39.8 Å². The molecule has 5 N–H and O–H groups in total. The SMILES string of the molecule is CCC[C@H](O)CCCCCCCC[C@@H](O)[C@H]1CC[C@H]([C@H](O)CCCCCCCCCC[C@@H](O)CC2=CC(C)(O)OC2=O)O1. The molecule has 0 saturated carbocycles. The summed E-state index contributed by atoms with van der Waals surface area (Å²) in [6.07, 6.45) is 21.8. The van der Waals surface area contributed by atoms with Crippen molar-refractivity contribution in [2.45, 2.75) is 204 Å². The first-order chi connectivity index (χ1) is 20.6. The Labute approximate surface area is 261 Å². The number of carbonyl (C=O) groups is 1. The average Bonchev–Trinajstić information content (AvgIpc) is 3.54. The van der Waals surface area contributed by atoms with Gasteiger partial charge >= 0.3 is 5.97 Å². The summed E-state index contributed by atoms with van der Waals surface area (Å²) in [5.74, 6) is -2.10. The Kier molecular flexibility index (Phi) is 19.2. The Morgan fingerprint density at radius 2 is 1.12 bits per heavy atom. The van der Waals surface area contributed by atoms with Crippen LogP contribution in [0.25, 0.3) is 0 Å². The van der Waals surface area contributed by atoms with Crippen molar-refractivity contribution in [2.75, 3.05) is 0 Å². The van der Waals surface area contributed by atoms with Gasteiger partial charge in [0.2, 0.25) is 5.79 Å². The van der Waals surface area contributed by atoms with Crippen molar-refractivity contribution >= 4 is 5.97 Å². The Hall–Kier alpha value is -1.03. The molecule has 0 aromatic heterocycles. The minimum absolute atomic E-state index is 0.130. The number of carbonyl (C=O) groups excluding carboxylic acids is 1. The van der Waals surface area contributed by atoms with Crippen molar-refractivity contribution in [3.63, 3.8) is 0 Å². The number of cyclic esters (lactones) is 1. The first-order valence-corrected chi connectivity index (χ1v) is 17.7. The standard InChI is InChI=1S/C35H64O8/c1-3-18-28(36)19-14-10-8-9-13-17-22-31(39)33-24-23-32(42-33)30(38)21-16-12-7-5-4-6-11-15-20-29(37)25-27-26-35(2,41)43-34(27)40/h26,28-33,36-39,41H,3-25H2,1-2H3/t28-,29+,30+,31+,32+,33+,35?/m0/s1. The second-order valence-electron chi connectivity index (χ2n) is 13.4. The van der Waals surface area contributed by atoms with Crippen molar-refractivity contribution in [1.29, 1.82) is 0 Å². The van der Waals surface area contributed by atoms with Gasteiger partial charge < -0.3 is 35.0 Å². The van der Waals surface area contributed by atoms with Crippen LogP contribution in [0.3, 0.4) is 0 Å². The van der Waals surface area contributed by atoms with Gasteiger partial charge in [0.15, 0.2) is 0 Å². The predicted molar refractivity (Wildman–Crippen MR) is 169 cm³/mol. The molecule has 2 aliphatic heterocycles. The summed E-state index contributed by atoms with van der Waals surface area (Å²) < 4.78 is 10.9. The molecule has 0 aromatic carbocycles. The summed E-state index contributed by atoms with van der Waals surface area (Å²) in [4.78, 5) is 11.7. The molecule has 2 aliphatic rings. The van der Waals surface area contributed by atoms with E-state index in [1.54, 1.807) is 0 Å². The maximum atomic E-state index is 11.7. The second kappa shape index (κ2) is 21.7. The van der Waals surface area contributed by atoms with Gasteiger partial charge in [0.25, 0.3) is 0 Å². The topological polar surface area (TPSA) is 137 Å². The molecule has 2 heterocycles. The molecule has 0 bridgehead atoms. The van der Waals surface area contributed by atoms with Crippen LogP contribution in [0.4, 0.5) is 0 Å². The van der Waals surface area contributed by atoms with Crippen LogP contribution < -0.4 is 0 Å². The van der Waals surface area contributed by atoms with Crippen molar-refractivity contribution in [3.8, 4) is 0 Å². The third kappa shape index (κ3) is 16.7. The largest absolute Gasteiger partial charge is 0.426 e. The van der Waals surface area contributed by atoms with Crippen molar-refractivity contribution in [3.05, 3.63) is 11.6 Å². The van der Waals surface area contributed by atoms with Crippen LogP contribution in [0, 0.1) is 0 Å². The molecular weight excluding hydrogens is 548 g/mol. The molecule has 43 heavy (non-hydrogen) atoms. The summed E-state index contributed by atoms with van der Waals surface area (Å²) in [5.41, 5.74) is 0.350. The lowest BCUT2D eigenvalue weighted by Gasteiger charge is -2.22. The molecule has 0 amide bonds. The van der Waals surface area contributed by atoms with Crippen LogP contribution in [0.5, 0.6) is 0 Å². The molecule has 8 nitrogen and oxygen atoms in total. The number of ether oxygens (including phenoxy) is 2. The van der Waals surface area contributed by atoms with E-state index in [1.807, 2.05) is 0 Å². The lowest BCUT2D eigenvalue weighted by molar-refractivity contribution is -0.173. The van der Waals surface area contributed by atoms with Crippen molar-refractivity contribution in [1.82, 2.24) is 0 Å². The van der Waals surface area contributed by atoms with Crippen LogP contribution >= 0.6 is 0 Å². The van der Waals surface area contributed by atoms with Gasteiger partial charge in [-0.1, -0.05) is 103 Å². The van der Waals surface area contributed by atoms with E-state index in [1.165, 1.54) is 38.7 Å². The van der Waals surface area contributed by atoms with Crippen LogP contribution in [-0.4, -0.2) is 73.9 Å². The van der Waals surface area contributed by atoms with Gasteiger partial charge in [-0.3, -0.25) is 0 Å². The molecule has 0 spiro atoms. The van der Waals surface area contributed by atoms with Gasteiger partial charge in [0.1, 0.15) is 0 Å². The summed E-state index contributed by atoms with van der Waals surface area (Å²) >= 11 is 0. The molecule has 252 valence electrons. The smallest absolute Gasteiger partial charge is 0.336 e. The quantitative estimate of drug-likeness (QED) is 0.0561. The van der Waals surface area contributed by atoms with Gasteiger partial charge in [-0.25, -0.2) is 4.79 Å². The highest BCUT2D eigenvalue weighted by atomic mass is 16.7. The Balaban J connectivity index is 1.38. The Morgan fingerprint density at radius 1 is 0.698 bits per heavy atom. The second-order valence-corrected chi connectivity index (χ2v) is 13.4. The number of esters is 1. The number of unbranched alkanes of at least 4 members (excludes halogenated alkanes) is 12. The Bertz CT molecular complexity index is 769. The fourth-order valence-corrected chi connectivity index (χ4v) is 6.50. The molecule has 8 heteroatoms. The summed E-state index contributed by atoms with van der Waals surface area (Å²) in [5, 5.41) is 50.9. The molecule has 0 aliphatic carbocycles. The number of rotatable bonds is 26. The number of aliphatic hydroxyl groups excluding tert-OH is 4. The number of hydrogen-bond donors (Lipinski definition) is 5. The van der Waals surface area contributed by atoms with E-state index in [2.05, 4.69) is 6.92 Å². The minimum Gasteiger partial charge on any atom is -0.426 e. The third-order valence-corrected chi connectivity index (χ3v) is 9.10. The van der Waals surface area contributed by atoms with Crippen molar-refractivity contribution in [2.24, 2.45) is 0 Å². The minimum atomic E-state index is -1.55. The van der Waals surface area contributed by atoms with E-state index in [4.69, 9.17) is 9.47 Å². The Morgan fingerprint density at radius 3 is 1.53 bits per heavy atom. The first-order valence-electron chi connectivity index (χ1n) is 17.7. The summed E-state index contributed by atoms with van der Waals surface area (Å²) in [6.45, 7) is 3.52. The maximum absolute atomic E-state index is 11.7. The van der Waals surface area contributed by atoms with E-state index in [-0.39, 0.29) is 24.7 Å². The average molecular weight is 613 g/mol. The van der Waals surface area contributed by atoms with Gasteiger partial charge in [0, 0.05) is 18.9 Å². The monoisotopic (exact) mass is 612 g/mol. The summed E-state index contributed by atoms with van der Waals surface area (Å²) in [6, 6.07) is 0. The molecule has 7 atom stereocenters. The van der Waals surface area contributed by atoms with Crippen LogP contribution in [0.15, 0.2) is 11.6 Å². The van der Waals surface area contributed by atoms with E-state index in [0.717, 1.165) is 109 Å². The molecule has 0 aromatic rings. The molecular formula is C35H64O8. The third-order valence-electron chi connectivity index (χ3n) is 9.10. The zero-order chi connectivity index (χ0) is 31.5. The lowest BCUT2D eigenvalue weighted by Crippen LogP contribution is -2.31. The molecule has 1 unspecified atom stereocenters. The fourth-order valence-electron chi connectivity index (χ4n) is 6.50. The number of aliphatic hydroxyl groups is 5. The zero-order valence-corrected chi connectivity index (χ0v) is 27.3. The normalized spacial score (nSPS) is 25.0. The molecule has 2 rings (SSSR count). The van der Waals surface area contributed by atoms with E-state index in [9.17, 15) is 30.3 Å². The zero-order valence-electron chi connectivity index (χ0n) is 27.3. The highest BCUT2D eigenvalue weighted by molar-refractivity contribution is 5.91. The highest BCUT2D eigenvalue weighted by Gasteiger charge is 2.35. The fraction of sp³-hybridized carbons (Fsp3) is 0.914. The molecule has 0 radical (unpaired) electrons. The van der Waals surface area contributed by atoms with Crippen LogP contribution in [0.1, 0.15) is 162 Å². The van der Waals surface area contributed by atoms with Crippen LogP contribution in [0.2, 0.25) is 0 Å². The van der Waals surface area contributed by atoms with Gasteiger partial charge in [-0.15, -0.1) is 0 Å². The first kappa shape index (κ1) is 38.2.